The van der Waals surface area contributed by atoms with Gasteiger partial charge in [0.25, 0.3) is 0 Å². The zero-order chi connectivity index (χ0) is 13.8. The van der Waals surface area contributed by atoms with Crippen LogP contribution in [0.4, 0.5) is 0 Å². The lowest BCUT2D eigenvalue weighted by atomic mass is 9.96. The zero-order valence-electron chi connectivity index (χ0n) is 12.0. The average molecular weight is 266 g/mol. The first-order valence-electron chi connectivity index (χ1n) is 7.41. The topological polar surface area (TPSA) is 15.3 Å². The lowest BCUT2D eigenvalue weighted by Gasteiger charge is -2.35. The highest BCUT2D eigenvalue weighted by Crippen LogP contribution is 2.28. The molecule has 2 aromatic carbocycles. The Kier molecular flexibility index (Phi) is 4.14. The Balaban J connectivity index is 1.96. The summed E-state index contributed by atoms with van der Waals surface area (Å²) in [4.78, 5) is 2.58. The molecule has 2 nitrogen and oxygen atoms in total. The maximum absolute atomic E-state index is 3.44. The van der Waals surface area contributed by atoms with Crippen LogP contribution >= 0.6 is 0 Å². The van der Waals surface area contributed by atoms with E-state index in [0.717, 1.165) is 26.2 Å². The fraction of sp³-hybridized carbons (Fsp3) is 0.333. The van der Waals surface area contributed by atoms with E-state index >= 15 is 0 Å². The number of aryl methyl sites for hydroxylation is 1. The molecule has 0 saturated carbocycles. The largest absolute Gasteiger partial charge is 0.314 e. The number of benzene rings is 2. The highest BCUT2D eigenvalue weighted by Gasteiger charge is 2.23. The van der Waals surface area contributed by atoms with Gasteiger partial charge in [0.15, 0.2) is 0 Å². The minimum Gasteiger partial charge on any atom is -0.314 e. The van der Waals surface area contributed by atoms with Crippen LogP contribution in [0, 0.1) is 6.92 Å². The monoisotopic (exact) mass is 266 g/mol. The van der Waals surface area contributed by atoms with Gasteiger partial charge in [-0.15, -0.1) is 0 Å². The van der Waals surface area contributed by atoms with Gasteiger partial charge in [-0.1, -0.05) is 60.2 Å². The molecule has 104 valence electrons. The van der Waals surface area contributed by atoms with Gasteiger partial charge >= 0.3 is 0 Å². The normalized spacial score (nSPS) is 17.9. The molecule has 0 amide bonds. The van der Waals surface area contributed by atoms with E-state index in [4.69, 9.17) is 0 Å². The average Bonchev–Trinajstić information content (AvgIpc) is 2.52. The molecule has 1 aliphatic rings. The summed E-state index contributed by atoms with van der Waals surface area (Å²) >= 11 is 0. The lowest BCUT2D eigenvalue weighted by Crippen LogP contribution is -2.45. The van der Waals surface area contributed by atoms with E-state index in [2.05, 4.69) is 71.7 Å². The lowest BCUT2D eigenvalue weighted by molar-refractivity contribution is 0.198. The third kappa shape index (κ3) is 2.92. The molecule has 1 heterocycles. The summed E-state index contributed by atoms with van der Waals surface area (Å²) in [6, 6.07) is 20.2. The molecule has 1 atom stereocenters. The van der Waals surface area contributed by atoms with Gasteiger partial charge in [0.2, 0.25) is 0 Å². The van der Waals surface area contributed by atoms with Crippen LogP contribution in [-0.4, -0.2) is 31.1 Å². The second-order valence-electron chi connectivity index (χ2n) is 5.51. The van der Waals surface area contributed by atoms with Crippen molar-refractivity contribution in [2.24, 2.45) is 0 Å². The number of hydrogen-bond acceptors (Lipinski definition) is 2. The first-order valence-corrected chi connectivity index (χ1v) is 7.41. The van der Waals surface area contributed by atoms with Crippen LogP contribution in [0.25, 0.3) is 0 Å². The van der Waals surface area contributed by atoms with Crippen molar-refractivity contribution in [1.29, 1.82) is 0 Å². The van der Waals surface area contributed by atoms with Crippen LogP contribution in [0.15, 0.2) is 54.6 Å². The summed E-state index contributed by atoms with van der Waals surface area (Å²) < 4.78 is 0. The Bertz CT molecular complexity index is 527. The van der Waals surface area contributed by atoms with Gasteiger partial charge in [-0.05, 0) is 18.1 Å². The molecule has 0 radical (unpaired) electrons. The fourth-order valence-corrected chi connectivity index (χ4v) is 2.94. The molecule has 0 bridgehead atoms. The first kappa shape index (κ1) is 13.3. The molecule has 3 rings (SSSR count). The molecule has 0 aliphatic carbocycles. The molecule has 1 saturated heterocycles. The predicted octanol–water partition coefficient (Wildman–Crippen LogP) is 2.99. The standard InChI is InChI=1S/C18H22N2/c1-15-7-9-17(10-8-15)18(16-5-3-2-4-6-16)20-13-11-19-12-14-20/h2-10,18-19H,11-14H2,1H3. The summed E-state index contributed by atoms with van der Waals surface area (Å²) in [5.41, 5.74) is 4.10. The Morgan fingerprint density at radius 1 is 0.850 bits per heavy atom. The second kappa shape index (κ2) is 6.21. The number of piperazine rings is 1. The van der Waals surface area contributed by atoms with Crippen LogP contribution in [0.3, 0.4) is 0 Å². The minimum absolute atomic E-state index is 0.374. The van der Waals surface area contributed by atoms with E-state index in [1.54, 1.807) is 0 Å². The number of nitrogens with one attached hydrogen (secondary N) is 1. The summed E-state index contributed by atoms with van der Waals surface area (Å²) in [5, 5.41) is 3.44. The van der Waals surface area contributed by atoms with Crippen LogP contribution in [0.1, 0.15) is 22.7 Å². The van der Waals surface area contributed by atoms with Gasteiger partial charge in [0.1, 0.15) is 0 Å². The minimum atomic E-state index is 0.374. The molecule has 0 spiro atoms. The molecule has 0 aromatic heterocycles. The maximum Gasteiger partial charge on any atom is 0.0602 e. The van der Waals surface area contributed by atoms with Gasteiger partial charge in [0.05, 0.1) is 6.04 Å². The van der Waals surface area contributed by atoms with Crippen molar-refractivity contribution in [3.63, 3.8) is 0 Å². The van der Waals surface area contributed by atoms with Crippen LogP contribution in [0.2, 0.25) is 0 Å². The zero-order valence-corrected chi connectivity index (χ0v) is 12.0. The highest BCUT2D eigenvalue weighted by atomic mass is 15.2. The number of rotatable bonds is 3. The molecule has 1 aliphatic heterocycles. The smallest absolute Gasteiger partial charge is 0.0602 e. The van der Waals surface area contributed by atoms with Crippen molar-refractivity contribution in [2.75, 3.05) is 26.2 Å². The van der Waals surface area contributed by atoms with Crippen molar-refractivity contribution >= 4 is 0 Å². The van der Waals surface area contributed by atoms with E-state index < -0.39 is 0 Å². The van der Waals surface area contributed by atoms with E-state index in [9.17, 15) is 0 Å². The molecular weight excluding hydrogens is 244 g/mol. The second-order valence-corrected chi connectivity index (χ2v) is 5.51. The van der Waals surface area contributed by atoms with E-state index in [-0.39, 0.29) is 0 Å². The Morgan fingerprint density at radius 3 is 2.10 bits per heavy atom. The van der Waals surface area contributed by atoms with Crippen LogP contribution in [-0.2, 0) is 0 Å². The Hall–Kier alpha value is -1.64. The van der Waals surface area contributed by atoms with Gasteiger partial charge in [-0.3, -0.25) is 4.90 Å². The summed E-state index contributed by atoms with van der Waals surface area (Å²) in [6.45, 7) is 6.51. The van der Waals surface area contributed by atoms with Crippen molar-refractivity contribution in [2.45, 2.75) is 13.0 Å². The van der Waals surface area contributed by atoms with E-state index in [0.29, 0.717) is 6.04 Å². The Morgan fingerprint density at radius 2 is 1.45 bits per heavy atom. The maximum atomic E-state index is 3.44. The first-order chi connectivity index (χ1) is 9.84. The quantitative estimate of drug-likeness (QED) is 0.919. The number of hydrogen-bond donors (Lipinski definition) is 1. The van der Waals surface area contributed by atoms with E-state index in [1.165, 1.54) is 16.7 Å². The molecule has 1 unspecified atom stereocenters. The number of nitrogens with zero attached hydrogens (tertiary/aromatic N) is 1. The van der Waals surface area contributed by atoms with Crippen molar-refractivity contribution in [3.8, 4) is 0 Å². The van der Waals surface area contributed by atoms with E-state index in [1.807, 2.05) is 0 Å². The summed E-state index contributed by atoms with van der Waals surface area (Å²) in [6.07, 6.45) is 0. The molecule has 1 fully saturated rings. The highest BCUT2D eigenvalue weighted by molar-refractivity contribution is 5.33. The third-order valence-corrected chi connectivity index (χ3v) is 4.03. The molecular formula is C18H22N2. The molecule has 2 aromatic rings. The fourth-order valence-electron chi connectivity index (χ4n) is 2.94. The molecule has 20 heavy (non-hydrogen) atoms. The molecule has 2 heteroatoms. The van der Waals surface area contributed by atoms with Crippen LogP contribution in [0.5, 0.6) is 0 Å². The van der Waals surface area contributed by atoms with Crippen molar-refractivity contribution < 1.29 is 0 Å². The summed E-state index contributed by atoms with van der Waals surface area (Å²) in [5.74, 6) is 0. The van der Waals surface area contributed by atoms with Gasteiger partial charge in [-0.25, -0.2) is 0 Å². The van der Waals surface area contributed by atoms with Crippen molar-refractivity contribution in [1.82, 2.24) is 10.2 Å². The summed E-state index contributed by atoms with van der Waals surface area (Å²) in [7, 11) is 0. The SMILES string of the molecule is Cc1ccc(C(c2ccccc2)N2CCNCC2)cc1. The van der Waals surface area contributed by atoms with Crippen molar-refractivity contribution in [3.05, 3.63) is 71.3 Å². The van der Waals surface area contributed by atoms with Crippen LogP contribution < -0.4 is 5.32 Å². The molecule has 1 N–H and O–H groups in total. The Labute approximate surface area is 121 Å². The van der Waals surface area contributed by atoms with Gasteiger partial charge < -0.3 is 5.32 Å². The van der Waals surface area contributed by atoms with Gasteiger partial charge in [0, 0.05) is 26.2 Å². The third-order valence-electron chi connectivity index (χ3n) is 4.03. The van der Waals surface area contributed by atoms with Gasteiger partial charge in [-0.2, -0.15) is 0 Å². The predicted molar refractivity (Wildman–Crippen MR) is 83.9 cm³/mol.